The molecule has 1 atom stereocenters. The standard InChI is InChI=1S/C21H25NO3/c1-16(12-13-23)15-22-21(24)19(17-8-4-3-5-9-17)14-18-10-6-7-11-20(18)25-2/h3-11,14,16,23H,12-13,15H2,1-2H3,(H,22,24)/b19-14+. The number of aliphatic hydroxyl groups excluding tert-OH is 1. The first-order chi connectivity index (χ1) is 12.2. The Kier molecular flexibility index (Phi) is 7.23. The van der Waals surface area contributed by atoms with Gasteiger partial charge in [-0.3, -0.25) is 4.79 Å². The van der Waals surface area contributed by atoms with Crippen molar-refractivity contribution in [3.63, 3.8) is 0 Å². The van der Waals surface area contributed by atoms with Gasteiger partial charge in [-0.2, -0.15) is 0 Å². The van der Waals surface area contributed by atoms with Crippen molar-refractivity contribution in [2.24, 2.45) is 5.92 Å². The van der Waals surface area contributed by atoms with Gasteiger partial charge < -0.3 is 15.2 Å². The molecule has 0 spiro atoms. The zero-order valence-corrected chi connectivity index (χ0v) is 14.7. The molecule has 0 saturated carbocycles. The molecule has 1 unspecified atom stereocenters. The lowest BCUT2D eigenvalue weighted by Gasteiger charge is -2.14. The van der Waals surface area contributed by atoms with Crippen LogP contribution in [0, 0.1) is 5.92 Å². The summed E-state index contributed by atoms with van der Waals surface area (Å²) in [5, 5.41) is 12.0. The zero-order valence-electron chi connectivity index (χ0n) is 14.7. The van der Waals surface area contributed by atoms with Crippen LogP contribution < -0.4 is 10.1 Å². The summed E-state index contributed by atoms with van der Waals surface area (Å²) in [6, 6.07) is 17.2. The van der Waals surface area contributed by atoms with Crippen molar-refractivity contribution in [3.05, 3.63) is 65.7 Å². The van der Waals surface area contributed by atoms with E-state index < -0.39 is 0 Å². The third-order valence-corrected chi connectivity index (χ3v) is 4.00. The summed E-state index contributed by atoms with van der Waals surface area (Å²) in [6.07, 6.45) is 2.51. The Labute approximate surface area is 149 Å². The average Bonchev–Trinajstić information content (AvgIpc) is 2.65. The molecule has 4 heteroatoms. The number of nitrogens with one attached hydrogen (secondary N) is 1. The fraction of sp³-hybridized carbons (Fsp3) is 0.286. The summed E-state index contributed by atoms with van der Waals surface area (Å²) in [5.74, 6) is 0.802. The maximum absolute atomic E-state index is 12.8. The molecule has 0 aliphatic heterocycles. The fourth-order valence-electron chi connectivity index (χ4n) is 2.52. The van der Waals surface area contributed by atoms with E-state index in [-0.39, 0.29) is 18.4 Å². The number of amides is 1. The van der Waals surface area contributed by atoms with E-state index in [1.165, 1.54) is 0 Å². The molecule has 0 aromatic heterocycles. The topological polar surface area (TPSA) is 58.6 Å². The first-order valence-electron chi connectivity index (χ1n) is 8.45. The number of ether oxygens (including phenoxy) is 1. The van der Waals surface area contributed by atoms with Crippen molar-refractivity contribution in [3.8, 4) is 5.75 Å². The predicted molar refractivity (Wildman–Crippen MR) is 101 cm³/mol. The summed E-state index contributed by atoms with van der Waals surface area (Å²) in [4.78, 5) is 12.8. The third kappa shape index (κ3) is 5.47. The molecule has 2 aromatic rings. The van der Waals surface area contributed by atoms with Crippen LogP contribution in [0.4, 0.5) is 0 Å². The molecular formula is C21H25NO3. The van der Waals surface area contributed by atoms with Crippen molar-refractivity contribution < 1.29 is 14.6 Å². The van der Waals surface area contributed by atoms with Crippen LogP contribution in [-0.4, -0.2) is 31.3 Å². The first-order valence-corrected chi connectivity index (χ1v) is 8.45. The van der Waals surface area contributed by atoms with Gasteiger partial charge in [-0.05, 0) is 30.0 Å². The molecule has 0 saturated heterocycles. The first kappa shape index (κ1) is 18.7. The Bertz CT molecular complexity index is 710. The normalized spacial score (nSPS) is 12.5. The molecule has 2 aromatic carbocycles. The highest BCUT2D eigenvalue weighted by atomic mass is 16.5. The van der Waals surface area contributed by atoms with Gasteiger partial charge in [-0.1, -0.05) is 55.5 Å². The number of benzene rings is 2. The van der Waals surface area contributed by atoms with Gasteiger partial charge in [0.15, 0.2) is 0 Å². The molecule has 25 heavy (non-hydrogen) atoms. The number of carbonyl (C=O) groups excluding carboxylic acids is 1. The molecule has 0 heterocycles. The van der Waals surface area contributed by atoms with E-state index in [0.717, 1.165) is 16.9 Å². The van der Waals surface area contributed by atoms with E-state index in [1.54, 1.807) is 7.11 Å². The minimum Gasteiger partial charge on any atom is -0.496 e. The number of rotatable bonds is 8. The number of carbonyl (C=O) groups is 1. The van der Waals surface area contributed by atoms with Crippen molar-refractivity contribution in [1.82, 2.24) is 5.32 Å². The quantitative estimate of drug-likeness (QED) is 0.573. The van der Waals surface area contributed by atoms with Gasteiger partial charge in [0, 0.05) is 24.3 Å². The smallest absolute Gasteiger partial charge is 0.251 e. The van der Waals surface area contributed by atoms with Crippen molar-refractivity contribution in [2.75, 3.05) is 20.3 Å². The molecular weight excluding hydrogens is 314 g/mol. The second kappa shape index (κ2) is 9.64. The van der Waals surface area contributed by atoms with E-state index in [9.17, 15) is 4.79 Å². The minimum absolute atomic E-state index is 0.125. The summed E-state index contributed by atoms with van der Waals surface area (Å²) in [6.45, 7) is 2.65. The lowest BCUT2D eigenvalue weighted by atomic mass is 10.0. The van der Waals surface area contributed by atoms with Crippen LogP contribution in [0.5, 0.6) is 5.75 Å². The van der Waals surface area contributed by atoms with Crippen LogP contribution >= 0.6 is 0 Å². The summed E-state index contributed by atoms with van der Waals surface area (Å²) in [7, 11) is 1.62. The van der Waals surface area contributed by atoms with Crippen LogP contribution in [0.2, 0.25) is 0 Å². The van der Waals surface area contributed by atoms with Gasteiger partial charge >= 0.3 is 0 Å². The molecule has 0 radical (unpaired) electrons. The van der Waals surface area contributed by atoms with E-state index in [4.69, 9.17) is 9.84 Å². The van der Waals surface area contributed by atoms with Crippen molar-refractivity contribution >= 4 is 17.6 Å². The molecule has 1 amide bonds. The van der Waals surface area contributed by atoms with Crippen LogP contribution in [0.25, 0.3) is 11.6 Å². The van der Waals surface area contributed by atoms with Crippen LogP contribution in [0.15, 0.2) is 54.6 Å². The number of para-hydroxylation sites is 1. The monoisotopic (exact) mass is 339 g/mol. The van der Waals surface area contributed by atoms with Gasteiger partial charge in [0.2, 0.25) is 0 Å². The highest BCUT2D eigenvalue weighted by molar-refractivity contribution is 6.24. The van der Waals surface area contributed by atoms with Crippen LogP contribution in [0.3, 0.4) is 0 Å². The number of hydrogen-bond acceptors (Lipinski definition) is 3. The average molecular weight is 339 g/mol. The summed E-state index contributed by atoms with van der Waals surface area (Å²) < 4.78 is 5.39. The molecule has 2 rings (SSSR count). The van der Waals surface area contributed by atoms with Gasteiger partial charge in [0.1, 0.15) is 5.75 Å². The Morgan fingerprint density at radius 3 is 2.52 bits per heavy atom. The van der Waals surface area contributed by atoms with Crippen LogP contribution in [-0.2, 0) is 4.79 Å². The minimum atomic E-state index is -0.137. The SMILES string of the molecule is COc1ccccc1/C=C(/C(=O)NCC(C)CCO)c1ccccc1. The molecule has 132 valence electrons. The summed E-state index contributed by atoms with van der Waals surface area (Å²) in [5.41, 5.74) is 2.28. The van der Waals surface area contributed by atoms with Gasteiger partial charge in [-0.25, -0.2) is 0 Å². The molecule has 0 aliphatic carbocycles. The predicted octanol–water partition coefficient (Wildman–Crippen LogP) is 3.37. The van der Waals surface area contributed by atoms with Gasteiger partial charge in [0.05, 0.1) is 7.11 Å². The Morgan fingerprint density at radius 1 is 1.16 bits per heavy atom. The van der Waals surface area contributed by atoms with E-state index >= 15 is 0 Å². The molecule has 0 aliphatic rings. The van der Waals surface area contributed by atoms with Crippen molar-refractivity contribution in [2.45, 2.75) is 13.3 Å². The highest BCUT2D eigenvalue weighted by Crippen LogP contribution is 2.24. The second-order valence-corrected chi connectivity index (χ2v) is 5.99. The maximum Gasteiger partial charge on any atom is 0.251 e. The highest BCUT2D eigenvalue weighted by Gasteiger charge is 2.14. The van der Waals surface area contributed by atoms with E-state index in [0.29, 0.717) is 18.5 Å². The van der Waals surface area contributed by atoms with Crippen LogP contribution in [0.1, 0.15) is 24.5 Å². The zero-order chi connectivity index (χ0) is 18.1. The Hall–Kier alpha value is -2.59. The second-order valence-electron chi connectivity index (χ2n) is 5.99. The van der Waals surface area contributed by atoms with E-state index in [1.807, 2.05) is 67.6 Å². The Morgan fingerprint density at radius 2 is 1.84 bits per heavy atom. The van der Waals surface area contributed by atoms with Gasteiger partial charge in [-0.15, -0.1) is 0 Å². The number of hydrogen-bond donors (Lipinski definition) is 2. The van der Waals surface area contributed by atoms with Crippen molar-refractivity contribution in [1.29, 1.82) is 0 Å². The molecule has 0 bridgehead atoms. The maximum atomic E-state index is 12.8. The summed E-state index contributed by atoms with van der Waals surface area (Å²) >= 11 is 0. The fourth-order valence-corrected chi connectivity index (χ4v) is 2.52. The molecule has 0 fully saturated rings. The lowest BCUT2D eigenvalue weighted by Crippen LogP contribution is -2.29. The van der Waals surface area contributed by atoms with Gasteiger partial charge in [0.25, 0.3) is 5.91 Å². The Balaban J connectivity index is 2.31. The lowest BCUT2D eigenvalue weighted by molar-refractivity contribution is -0.115. The number of aliphatic hydroxyl groups is 1. The molecule has 4 nitrogen and oxygen atoms in total. The number of methoxy groups -OCH3 is 1. The van der Waals surface area contributed by atoms with E-state index in [2.05, 4.69) is 5.32 Å². The third-order valence-electron chi connectivity index (χ3n) is 4.00. The largest absolute Gasteiger partial charge is 0.496 e. The molecule has 2 N–H and O–H groups in total.